The van der Waals surface area contributed by atoms with Crippen LogP contribution in [0.3, 0.4) is 0 Å². The minimum absolute atomic E-state index is 0.290. The second kappa shape index (κ2) is 5.32. The van der Waals surface area contributed by atoms with E-state index in [0.717, 1.165) is 17.9 Å². The first kappa shape index (κ1) is 11.4. The van der Waals surface area contributed by atoms with E-state index in [1.807, 2.05) is 24.3 Å². The third-order valence-corrected chi connectivity index (χ3v) is 2.92. The van der Waals surface area contributed by atoms with Gasteiger partial charge in [-0.25, -0.2) is 0 Å². The van der Waals surface area contributed by atoms with Crippen LogP contribution in [0.2, 0.25) is 0 Å². The quantitative estimate of drug-likeness (QED) is 0.764. The van der Waals surface area contributed by atoms with Crippen LogP contribution in [0.25, 0.3) is 0 Å². The lowest BCUT2D eigenvalue weighted by Gasteiger charge is -2.33. The van der Waals surface area contributed by atoms with Gasteiger partial charge in [-0.05, 0) is 17.7 Å². The van der Waals surface area contributed by atoms with Crippen LogP contribution in [0.5, 0.6) is 5.75 Å². The van der Waals surface area contributed by atoms with E-state index in [0.29, 0.717) is 25.2 Å². The van der Waals surface area contributed by atoms with E-state index in [2.05, 4.69) is 6.92 Å². The minimum Gasteiger partial charge on any atom is -0.497 e. The Morgan fingerprint density at radius 2 is 2.06 bits per heavy atom. The van der Waals surface area contributed by atoms with Crippen molar-refractivity contribution in [3.05, 3.63) is 29.8 Å². The molecule has 1 aromatic carbocycles. The molecule has 16 heavy (non-hydrogen) atoms. The zero-order valence-electron chi connectivity index (χ0n) is 9.81. The van der Waals surface area contributed by atoms with Gasteiger partial charge in [0.25, 0.3) is 0 Å². The summed E-state index contributed by atoms with van der Waals surface area (Å²) in [6, 6.07) is 7.93. The SMILES string of the molecule is COc1ccc(COC[C@@H]2OC[C@@H]2C)cc1. The molecule has 1 aliphatic heterocycles. The van der Waals surface area contributed by atoms with Crippen molar-refractivity contribution >= 4 is 0 Å². The molecule has 0 saturated carbocycles. The first-order valence-electron chi connectivity index (χ1n) is 5.62. The molecule has 2 rings (SSSR count). The van der Waals surface area contributed by atoms with E-state index in [1.165, 1.54) is 0 Å². The van der Waals surface area contributed by atoms with E-state index in [1.54, 1.807) is 7.11 Å². The lowest BCUT2D eigenvalue weighted by atomic mass is 10.0. The zero-order chi connectivity index (χ0) is 11.4. The van der Waals surface area contributed by atoms with Crippen molar-refractivity contribution < 1.29 is 14.2 Å². The number of hydrogen-bond donors (Lipinski definition) is 0. The topological polar surface area (TPSA) is 27.7 Å². The highest BCUT2D eigenvalue weighted by molar-refractivity contribution is 5.26. The molecule has 0 aromatic heterocycles. The minimum atomic E-state index is 0.290. The standard InChI is InChI=1S/C13H18O3/c1-10-7-16-13(10)9-15-8-11-3-5-12(14-2)6-4-11/h3-6,10,13H,7-9H2,1-2H3/t10-,13-/m0/s1. The van der Waals surface area contributed by atoms with E-state index < -0.39 is 0 Å². The van der Waals surface area contributed by atoms with Gasteiger partial charge in [0.1, 0.15) is 5.75 Å². The molecule has 0 aliphatic carbocycles. The third-order valence-electron chi connectivity index (χ3n) is 2.92. The third kappa shape index (κ3) is 2.74. The van der Waals surface area contributed by atoms with E-state index in [-0.39, 0.29) is 0 Å². The fourth-order valence-electron chi connectivity index (χ4n) is 1.65. The molecule has 0 spiro atoms. The number of rotatable bonds is 5. The van der Waals surface area contributed by atoms with Crippen LogP contribution < -0.4 is 4.74 Å². The Balaban J connectivity index is 1.72. The van der Waals surface area contributed by atoms with Gasteiger partial charge in [0.2, 0.25) is 0 Å². The van der Waals surface area contributed by atoms with Gasteiger partial charge >= 0.3 is 0 Å². The second-order valence-electron chi connectivity index (χ2n) is 4.21. The molecule has 1 aliphatic rings. The average molecular weight is 222 g/mol. The summed E-state index contributed by atoms with van der Waals surface area (Å²) in [6.07, 6.45) is 0.290. The van der Waals surface area contributed by atoms with Crippen molar-refractivity contribution in [3.63, 3.8) is 0 Å². The summed E-state index contributed by atoms with van der Waals surface area (Å²) in [5, 5.41) is 0. The van der Waals surface area contributed by atoms with Gasteiger partial charge in [-0.15, -0.1) is 0 Å². The normalized spacial score (nSPS) is 23.9. The van der Waals surface area contributed by atoms with Crippen LogP contribution in [0.15, 0.2) is 24.3 Å². The maximum atomic E-state index is 5.60. The van der Waals surface area contributed by atoms with Crippen LogP contribution in [0.1, 0.15) is 12.5 Å². The number of methoxy groups -OCH3 is 1. The summed E-state index contributed by atoms with van der Waals surface area (Å²) in [6.45, 7) is 4.38. The molecule has 1 saturated heterocycles. The smallest absolute Gasteiger partial charge is 0.118 e. The maximum Gasteiger partial charge on any atom is 0.118 e. The summed E-state index contributed by atoms with van der Waals surface area (Å²) in [5.74, 6) is 1.51. The number of hydrogen-bond acceptors (Lipinski definition) is 3. The highest BCUT2D eigenvalue weighted by atomic mass is 16.5. The molecule has 1 heterocycles. The van der Waals surface area contributed by atoms with Gasteiger partial charge in [0.05, 0.1) is 33.0 Å². The van der Waals surface area contributed by atoms with E-state index in [9.17, 15) is 0 Å². The molecule has 3 nitrogen and oxygen atoms in total. The molecule has 0 unspecified atom stereocenters. The van der Waals surface area contributed by atoms with Crippen molar-refractivity contribution in [2.75, 3.05) is 20.3 Å². The van der Waals surface area contributed by atoms with Crippen molar-refractivity contribution in [1.82, 2.24) is 0 Å². The molecule has 2 atom stereocenters. The number of ether oxygens (including phenoxy) is 3. The second-order valence-corrected chi connectivity index (χ2v) is 4.21. The maximum absolute atomic E-state index is 5.60. The van der Waals surface area contributed by atoms with Gasteiger partial charge in [0, 0.05) is 5.92 Å². The monoisotopic (exact) mass is 222 g/mol. The molecule has 88 valence electrons. The van der Waals surface area contributed by atoms with Gasteiger partial charge in [-0.3, -0.25) is 0 Å². The number of benzene rings is 1. The molecule has 0 amide bonds. The van der Waals surface area contributed by atoms with Gasteiger partial charge < -0.3 is 14.2 Å². The predicted octanol–water partition coefficient (Wildman–Crippen LogP) is 2.25. The highest BCUT2D eigenvalue weighted by Crippen LogP contribution is 2.20. The van der Waals surface area contributed by atoms with Crippen molar-refractivity contribution in [3.8, 4) is 5.75 Å². The van der Waals surface area contributed by atoms with Crippen molar-refractivity contribution in [2.45, 2.75) is 19.6 Å². The van der Waals surface area contributed by atoms with Crippen LogP contribution >= 0.6 is 0 Å². The molecule has 0 N–H and O–H groups in total. The Kier molecular flexibility index (Phi) is 3.80. The highest BCUT2D eigenvalue weighted by Gasteiger charge is 2.27. The Hall–Kier alpha value is -1.06. The summed E-state index contributed by atoms with van der Waals surface area (Å²) in [7, 11) is 1.67. The van der Waals surface area contributed by atoms with Gasteiger partial charge in [-0.2, -0.15) is 0 Å². The van der Waals surface area contributed by atoms with Crippen LogP contribution in [0.4, 0.5) is 0 Å². The first-order chi connectivity index (χ1) is 7.79. The molecule has 0 bridgehead atoms. The Labute approximate surface area is 96.3 Å². The fourth-order valence-corrected chi connectivity index (χ4v) is 1.65. The molecule has 0 radical (unpaired) electrons. The lowest BCUT2D eigenvalue weighted by molar-refractivity contribution is -0.141. The fraction of sp³-hybridized carbons (Fsp3) is 0.538. The van der Waals surface area contributed by atoms with Crippen molar-refractivity contribution in [1.29, 1.82) is 0 Å². The van der Waals surface area contributed by atoms with Gasteiger partial charge in [-0.1, -0.05) is 19.1 Å². The first-order valence-corrected chi connectivity index (χ1v) is 5.62. The van der Waals surface area contributed by atoms with Crippen molar-refractivity contribution in [2.24, 2.45) is 5.92 Å². The molecule has 1 aromatic rings. The summed E-state index contributed by atoms with van der Waals surface area (Å²) in [5.41, 5.74) is 1.16. The predicted molar refractivity (Wildman–Crippen MR) is 61.6 cm³/mol. The summed E-state index contributed by atoms with van der Waals surface area (Å²) in [4.78, 5) is 0. The van der Waals surface area contributed by atoms with E-state index >= 15 is 0 Å². The van der Waals surface area contributed by atoms with Gasteiger partial charge in [0.15, 0.2) is 0 Å². The Bertz CT molecular complexity index is 320. The lowest BCUT2D eigenvalue weighted by Crippen LogP contribution is -2.40. The van der Waals surface area contributed by atoms with Crippen LogP contribution in [-0.2, 0) is 16.1 Å². The summed E-state index contributed by atoms with van der Waals surface area (Å²) >= 11 is 0. The van der Waals surface area contributed by atoms with E-state index in [4.69, 9.17) is 14.2 Å². The van der Waals surface area contributed by atoms with Crippen LogP contribution in [-0.4, -0.2) is 26.4 Å². The molecular formula is C13H18O3. The molecule has 3 heteroatoms. The largest absolute Gasteiger partial charge is 0.497 e. The summed E-state index contributed by atoms with van der Waals surface area (Å²) < 4.78 is 16.1. The average Bonchev–Trinajstić information content (AvgIpc) is 2.33. The van der Waals surface area contributed by atoms with Crippen LogP contribution in [0, 0.1) is 5.92 Å². The zero-order valence-corrected chi connectivity index (χ0v) is 9.81. The Morgan fingerprint density at radius 1 is 1.31 bits per heavy atom. The molecular weight excluding hydrogens is 204 g/mol. The Morgan fingerprint density at radius 3 is 2.56 bits per heavy atom. The molecule has 1 fully saturated rings.